The van der Waals surface area contributed by atoms with Gasteiger partial charge in [-0.25, -0.2) is 0 Å². The molecule has 2 nitrogen and oxygen atoms in total. The van der Waals surface area contributed by atoms with Crippen LogP contribution in [0.1, 0.15) is 23.1 Å². The molecule has 1 heterocycles. The van der Waals surface area contributed by atoms with Crippen molar-refractivity contribution in [2.45, 2.75) is 19.4 Å². The van der Waals surface area contributed by atoms with E-state index in [2.05, 4.69) is 60.6 Å². The Hall–Kier alpha value is -2.35. The van der Waals surface area contributed by atoms with Crippen molar-refractivity contribution in [3.63, 3.8) is 0 Å². The maximum absolute atomic E-state index is 5.47. The van der Waals surface area contributed by atoms with Gasteiger partial charge >= 0.3 is 0 Å². The van der Waals surface area contributed by atoms with Crippen LogP contribution in [0, 0.1) is 6.92 Å². The molecule has 0 radical (unpaired) electrons. The van der Waals surface area contributed by atoms with Crippen molar-refractivity contribution in [1.82, 2.24) is 0 Å². The van der Waals surface area contributed by atoms with Crippen LogP contribution in [-0.2, 0) is 4.84 Å². The minimum absolute atomic E-state index is 0.0338. The van der Waals surface area contributed by atoms with Crippen LogP contribution >= 0.6 is 0 Å². The van der Waals surface area contributed by atoms with E-state index in [9.17, 15) is 0 Å². The molecule has 0 aromatic heterocycles. The summed E-state index contributed by atoms with van der Waals surface area (Å²) >= 11 is 0. The Morgan fingerprint density at radius 2 is 1.80 bits per heavy atom. The molecule has 1 aliphatic rings. The van der Waals surface area contributed by atoms with Gasteiger partial charge in [-0.2, -0.15) is 0 Å². The molecule has 0 saturated carbocycles. The number of benzene rings is 2. The Morgan fingerprint density at radius 1 is 1.05 bits per heavy atom. The van der Waals surface area contributed by atoms with E-state index in [1.54, 1.807) is 0 Å². The first-order valence-corrected chi connectivity index (χ1v) is 6.84. The fourth-order valence-corrected chi connectivity index (χ4v) is 2.20. The van der Waals surface area contributed by atoms with Crippen molar-refractivity contribution < 1.29 is 4.84 Å². The lowest BCUT2D eigenvalue weighted by atomic mass is 10.0. The number of rotatable bonds is 3. The van der Waals surface area contributed by atoms with Gasteiger partial charge in [-0.3, -0.25) is 0 Å². The monoisotopic (exact) mass is 263 g/mol. The summed E-state index contributed by atoms with van der Waals surface area (Å²) < 4.78 is 0. The van der Waals surface area contributed by atoms with Crippen molar-refractivity contribution in [3.8, 4) is 0 Å². The summed E-state index contributed by atoms with van der Waals surface area (Å²) in [4.78, 5) is 5.47. The molecule has 0 spiro atoms. The first-order chi connectivity index (χ1) is 9.81. The first kappa shape index (κ1) is 12.7. The molecule has 0 amide bonds. The van der Waals surface area contributed by atoms with Gasteiger partial charge in [-0.05, 0) is 24.1 Å². The number of hydrogen-bond acceptors (Lipinski definition) is 2. The van der Waals surface area contributed by atoms with Crippen molar-refractivity contribution in [2.75, 3.05) is 0 Å². The van der Waals surface area contributed by atoms with Crippen molar-refractivity contribution >= 4 is 11.8 Å². The Kier molecular flexibility index (Phi) is 3.64. The largest absolute Gasteiger partial charge is 0.388 e. The lowest BCUT2D eigenvalue weighted by Crippen LogP contribution is -2.04. The third-order valence-corrected chi connectivity index (χ3v) is 3.38. The summed E-state index contributed by atoms with van der Waals surface area (Å²) in [5, 5.41) is 4.19. The molecule has 2 heteroatoms. The Labute approximate surface area is 119 Å². The third kappa shape index (κ3) is 2.97. The molecular formula is C18H17NO. The van der Waals surface area contributed by atoms with Gasteiger partial charge in [0.15, 0.2) is 6.10 Å². The minimum Gasteiger partial charge on any atom is -0.388 e. The van der Waals surface area contributed by atoms with E-state index in [4.69, 9.17) is 4.84 Å². The maximum Gasteiger partial charge on any atom is 0.151 e. The summed E-state index contributed by atoms with van der Waals surface area (Å²) in [5.74, 6) is 0. The topological polar surface area (TPSA) is 21.6 Å². The zero-order valence-electron chi connectivity index (χ0n) is 11.5. The van der Waals surface area contributed by atoms with Gasteiger partial charge in [0.2, 0.25) is 0 Å². The zero-order chi connectivity index (χ0) is 13.8. The summed E-state index contributed by atoms with van der Waals surface area (Å²) in [6, 6.07) is 18.6. The Morgan fingerprint density at radius 3 is 2.55 bits per heavy atom. The Balaban J connectivity index is 1.64. The predicted molar refractivity (Wildman–Crippen MR) is 82.7 cm³/mol. The number of oxime groups is 1. The van der Waals surface area contributed by atoms with Gasteiger partial charge in [0.25, 0.3) is 0 Å². The highest BCUT2D eigenvalue weighted by Gasteiger charge is 2.19. The van der Waals surface area contributed by atoms with Crippen LogP contribution in [0.5, 0.6) is 0 Å². The molecule has 20 heavy (non-hydrogen) atoms. The van der Waals surface area contributed by atoms with E-state index in [1.165, 1.54) is 11.1 Å². The molecule has 100 valence electrons. The summed E-state index contributed by atoms with van der Waals surface area (Å²) in [6.07, 6.45) is 5.01. The molecule has 0 aliphatic carbocycles. The molecule has 2 aromatic rings. The second-order valence-electron chi connectivity index (χ2n) is 5.02. The van der Waals surface area contributed by atoms with Gasteiger partial charge in [-0.15, -0.1) is 0 Å². The minimum atomic E-state index is 0.0338. The fraction of sp³-hybridized carbons (Fsp3) is 0.167. The standard InChI is InChI=1S/C18H17NO/c1-14-7-10-16(11-8-14)18-13-17(20-19-18)12-9-15-5-3-2-4-6-15/h2-12,17H,13H2,1H3/b12-9+. The average Bonchev–Trinajstić information content (AvgIpc) is 2.96. The van der Waals surface area contributed by atoms with Crippen LogP contribution in [0.3, 0.4) is 0 Å². The lowest BCUT2D eigenvalue weighted by molar-refractivity contribution is 0.120. The average molecular weight is 263 g/mol. The smallest absolute Gasteiger partial charge is 0.151 e. The molecule has 1 atom stereocenters. The lowest BCUT2D eigenvalue weighted by Gasteiger charge is -2.01. The van der Waals surface area contributed by atoms with Gasteiger partial charge < -0.3 is 4.84 Å². The van der Waals surface area contributed by atoms with E-state index in [0.717, 1.165) is 17.7 Å². The molecule has 1 unspecified atom stereocenters. The van der Waals surface area contributed by atoms with Crippen molar-refractivity contribution in [2.24, 2.45) is 5.16 Å². The van der Waals surface area contributed by atoms with Crippen molar-refractivity contribution in [1.29, 1.82) is 0 Å². The van der Waals surface area contributed by atoms with E-state index in [-0.39, 0.29) is 6.10 Å². The molecule has 0 saturated heterocycles. The summed E-state index contributed by atoms with van der Waals surface area (Å²) in [7, 11) is 0. The molecule has 3 rings (SSSR count). The normalized spacial score (nSPS) is 18.1. The maximum atomic E-state index is 5.47. The van der Waals surface area contributed by atoms with Crippen LogP contribution in [0.25, 0.3) is 6.08 Å². The molecule has 0 N–H and O–H groups in total. The highest BCUT2D eigenvalue weighted by atomic mass is 16.6. The SMILES string of the molecule is Cc1ccc(C2=NOC(/C=C/c3ccccc3)C2)cc1. The number of nitrogens with zero attached hydrogens (tertiary/aromatic N) is 1. The molecule has 0 fully saturated rings. The predicted octanol–water partition coefficient (Wildman–Crippen LogP) is 4.20. The van der Waals surface area contributed by atoms with E-state index in [0.29, 0.717) is 0 Å². The van der Waals surface area contributed by atoms with Crippen LogP contribution < -0.4 is 0 Å². The van der Waals surface area contributed by atoms with Crippen LogP contribution in [-0.4, -0.2) is 11.8 Å². The quantitative estimate of drug-likeness (QED) is 0.813. The third-order valence-electron chi connectivity index (χ3n) is 3.38. The summed E-state index contributed by atoms with van der Waals surface area (Å²) in [6.45, 7) is 2.09. The van der Waals surface area contributed by atoms with E-state index < -0.39 is 0 Å². The fourth-order valence-electron chi connectivity index (χ4n) is 2.20. The molecule has 2 aromatic carbocycles. The first-order valence-electron chi connectivity index (χ1n) is 6.84. The molecular weight excluding hydrogens is 246 g/mol. The van der Waals surface area contributed by atoms with Gasteiger partial charge in [-0.1, -0.05) is 71.4 Å². The summed E-state index contributed by atoms with van der Waals surface area (Å²) in [5.41, 5.74) is 4.60. The van der Waals surface area contributed by atoms with Crippen molar-refractivity contribution in [3.05, 3.63) is 77.4 Å². The zero-order valence-corrected chi connectivity index (χ0v) is 11.5. The van der Waals surface area contributed by atoms with E-state index >= 15 is 0 Å². The number of hydrogen-bond donors (Lipinski definition) is 0. The van der Waals surface area contributed by atoms with Crippen LogP contribution in [0.15, 0.2) is 65.8 Å². The van der Waals surface area contributed by atoms with Gasteiger partial charge in [0.1, 0.15) is 0 Å². The highest BCUT2D eigenvalue weighted by molar-refractivity contribution is 6.01. The van der Waals surface area contributed by atoms with Crippen LogP contribution in [0.4, 0.5) is 0 Å². The second-order valence-corrected chi connectivity index (χ2v) is 5.02. The highest BCUT2D eigenvalue weighted by Crippen LogP contribution is 2.18. The second kappa shape index (κ2) is 5.74. The Bertz CT molecular complexity index is 626. The molecule has 1 aliphatic heterocycles. The molecule has 0 bridgehead atoms. The number of aryl methyl sites for hydroxylation is 1. The van der Waals surface area contributed by atoms with Gasteiger partial charge in [0, 0.05) is 6.42 Å². The van der Waals surface area contributed by atoms with E-state index in [1.807, 2.05) is 18.2 Å². The van der Waals surface area contributed by atoms with Crippen LogP contribution in [0.2, 0.25) is 0 Å². The van der Waals surface area contributed by atoms with Gasteiger partial charge in [0.05, 0.1) is 5.71 Å².